The van der Waals surface area contributed by atoms with Crippen molar-refractivity contribution in [1.29, 1.82) is 10.5 Å². The summed E-state index contributed by atoms with van der Waals surface area (Å²) >= 11 is 0. The number of rotatable bonds is 2. The molecule has 0 bridgehead atoms. The number of aldehydes is 1. The van der Waals surface area contributed by atoms with Crippen molar-refractivity contribution >= 4 is 28.1 Å². The quantitative estimate of drug-likeness (QED) is 0.439. The van der Waals surface area contributed by atoms with Crippen LogP contribution in [0, 0.1) is 22.7 Å². The van der Waals surface area contributed by atoms with Crippen LogP contribution in [0.25, 0.3) is 27.7 Å². The van der Waals surface area contributed by atoms with Gasteiger partial charge in [0.2, 0.25) is 5.88 Å². The second-order valence-electron chi connectivity index (χ2n) is 6.20. The number of aromatic amines is 1. The van der Waals surface area contributed by atoms with E-state index < -0.39 is 0 Å². The summed E-state index contributed by atoms with van der Waals surface area (Å²) in [6, 6.07) is 22.9. The molecule has 0 amide bonds. The predicted octanol–water partition coefficient (Wildman–Crippen LogP) is 4.95. The molecule has 3 heterocycles. The van der Waals surface area contributed by atoms with Gasteiger partial charge in [-0.1, -0.05) is 36.4 Å². The van der Waals surface area contributed by atoms with E-state index in [2.05, 4.69) is 17.1 Å². The summed E-state index contributed by atoms with van der Waals surface area (Å²) in [6.45, 7) is 0. The molecule has 5 aromatic rings. The first-order valence-electron chi connectivity index (χ1n) is 8.77. The molecule has 2 aromatic carbocycles. The average Bonchev–Trinajstić information content (AvgIpc) is 3.50. The van der Waals surface area contributed by atoms with Gasteiger partial charge in [0.1, 0.15) is 12.1 Å². The summed E-state index contributed by atoms with van der Waals surface area (Å²) in [5.74, 6) is 0.788. The van der Waals surface area contributed by atoms with Crippen molar-refractivity contribution in [1.82, 2.24) is 9.55 Å². The minimum atomic E-state index is 0.265. The molecule has 29 heavy (non-hydrogen) atoms. The third-order valence-corrected chi connectivity index (χ3v) is 4.51. The fraction of sp³-hybridized carbons (Fsp3) is 0. The maximum absolute atomic E-state index is 10.6. The number of H-pyrrole nitrogens is 1. The Bertz CT molecular complexity index is 1410. The summed E-state index contributed by atoms with van der Waals surface area (Å²) in [5, 5.41) is 19.6. The lowest BCUT2D eigenvalue weighted by Crippen LogP contribution is -1.88. The smallest absolute Gasteiger partial charge is 0.204 e. The number of hydrogen-bond donors (Lipinski definition) is 1. The number of fused-ring (bicyclic) bond motifs is 2. The first kappa shape index (κ1) is 17.8. The summed E-state index contributed by atoms with van der Waals surface area (Å²) in [4.78, 5) is 13.6. The van der Waals surface area contributed by atoms with E-state index in [4.69, 9.17) is 14.9 Å². The number of aromatic nitrogens is 2. The van der Waals surface area contributed by atoms with Crippen LogP contribution >= 0.6 is 0 Å². The molecule has 0 aliphatic carbocycles. The first-order chi connectivity index (χ1) is 14.2. The minimum Gasteiger partial charge on any atom is -0.437 e. The first-order valence-corrected chi connectivity index (χ1v) is 8.77. The second-order valence-corrected chi connectivity index (χ2v) is 6.20. The number of carbonyl (C=O) groups excluding carboxylic acids is 1. The van der Waals surface area contributed by atoms with Crippen molar-refractivity contribution in [2.75, 3.05) is 0 Å². The van der Waals surface area contributed by atoms with E-state index >= 15 is 0 Å². The number of benzene rings is 2. The lowest BCUT2D eigenvalue weighted by Gasteiger charge is -1.99. The van der Waals surface area contributed by atoms with Crippen LogP contribution < -0.4 is 0 Å². The zero-order valence-corrected chi connectivity index (χ0v) is 15.2. The summed E-state index contributed by atoms with van der Waals surface area (Å²) in [7, 11) is 0. The molecule has 0 unspecified atom stereocenters. The third-order valence-electron chi connectivity index (χ3n) is 4.51. The highest BCUT2D eigenvalue weighted by molar-refractivity contribution is 5.87. The Morgan fingerprint density at radius 2 is 1.62 bits per heavy atom. The third kappa shape index (κ3) is 3.27. The van der Waals surface area contributed by atoms with Gasteiger partial charge in [-0.3, -0.25) is 9.36 Å². The number of furan rings is 1. The molecular formula is C23H14N4O2. The molecule has 138 valence electrons. The Balaban J connectivity index is 0.000000159. The van der Waals surface area contributed by atoms with Gasteiger partial charge in [0, 0.05) is 34.7 Å². The molecule has 3 aromatic heterocycles. The van der Waals surface area contributed by atoms with Gasteiger partial charge < -0.3 is 9.40 Å². The zero-order chi connectivity index (χ0) is 20.2. The Morgan fingerprint density at radius 1 is 0.897 bits per heavy atom. The lowest BCUT2D eigenvalue weighted by atomic mass is 10.2. The van der Waals surface area contributed by atoms with Crippen molar-refractivity contribution in [3.8, 4) is 18.0 Å². The number of nitriles is 2. The maximum Gasteiger partial charge on any atom is 0.204 e. The van der Waals surface area contributed by atoms with Gasteiger partial charge in [-0.15, -0.1) is 0 Å². The van der Waals surface area contributed by atoms with Gasteiger partial charge in [-0.25, -0.2) is 0 Å². The Kier molecular flexibility index (Phi) is 4.67. The lowest BCUT2D eigenvalue weighted by molar-refractivity contribution is 0.110. The zero-order valence-electron chi connectivity index (χ0n) is 15.2. The Labute approximate surface area is 165 Å². The molecule has 0 radical (unpaired) electrons. The van der Waals surface area contributed by atoms with Crippen LogP contribution in [0.15, 0.2) is 77.5 Å². The van der Waals surface area contributed by atoms with Crippen molar-refractivity contribution in [3.05, 3.63) is 89.9 Å². The second kappa shape index (κ2) is 7.59. The molecule has 1 N–H and O–H groups in total. The number of nitrogens with one attached hydrogen (secondary N) is 1. The normalized spacial score (nSPS) is 10.1. The van der Waals surface area contributed by atoms with Gasteiger partial charge in [-0.2, -0.15) is 10.5 Å². The van der Waals surface area contributed by atoms with Gasteiger partial charge in [0.25, 0.3) is 0 Å². The molecular weight excluding hydrogens is 364 g/mol. The van der Waals surface area contributed by atoms with Gasteiger partial charge in [0.05, 0.1) is 16.6 Å². The molecule has 5 rings (SSSR count). The molecule has 0 aliphatic rings. The van der Waals surface area contributed by atoms with Crippen LogP contribution in [-0.4, -0.2) is 15.8 Å². The monoisotopic (exact) mass is 378 g/mol. The molecule has 0 saturated carbocycles. The molecule has 0 aliphatic heterocycles. The standard InChI is InChI=1S/C14H8N2O2.C9H6N2/c15-7-10-8-16(13-4-2-1-3-12(10)13)14-6-5-11(9-17)18-14;10-5-7-6-11-9-4-2-1-3-8(7)9/h1-6,8-9H;1-4,6,11H. The fourth-order valence-corrected chi connectivity index (χ4v) is 3.15. The molecule has 0 spiro atoms. The van der Waals surface area contributed by atoms with Crippen LogP contribution in [0.3, 0.4) is 0 Å². The van der Waals surface area contributed by atoms with Crippen LogP contribution in [0.2, 0.25) is 0 Å². The van der Waals surface area contributed by atoms with E-state index in [0.717, 1.165) is 21.8 Å². The molecule has 6 nitrogen and oxygen atoms in total. The van der Waals surface area contributed by atoms with Crippen molar-refractivity contribution < 1.29 is 9.21 Å². The SMILES string of the molecule is N#Cc1c[nH]c2ccccc12.N#Cc1cn(-c2ccc(C=O)o2)c2ccccc12. The van der Waals surface area contributed by atoms with Crippen molar-refractivity contribution in [2.45, 2.75) is 0 Å². The topological polar surface area (TPSA) is 98.5 Å². The molecule has 6 heteroatoms. The average molecular weight is 378 g/mol. The van der Waals surface area contributed by atoms with Crippen LogP contribution in [0.4, 0.5) is 0 Å². The van der Waals surface area contributed by atoms with E-state index in [-0.39, 0.29) is 5.76 Å². The summed E-state index contributed by atoms with van der Waals surface area (Å²) < 4.78 is 7.14. The van der Waals surface area contributed by atoms with Crippen LogP contribution in [0.5, 0.6) is 0 Å². The highest BCUT2D eigenvalue weighted by Crippen LogP contribution is 2.25. The van der Waals surface area contributed by atoms with Crippen molar-refractivity contribution in [2.24, 2.45) is 0 Å². The largest absolute Gasteiger partial charge is 0.437 e. The van der Waals surface area contributed by atoms with Gasteiger partial charge >= 0.3 is 0 Å². The number of nitrogens with zero attached hydrogens (tertiary/aromatic N) is 3. The van der Waals surface area contributed by atoms with Gasteiger partial charge in [-0.05, 0) is 18.2 Å². The highest BCUT2D eigenvalue weighted by Gasteiger charge is 2.11. The summed E-state index contributed by atoms with van der Waals surface area (Å²) in [6.07, 6.45) is 4.09. The summed E-state index contributed by atoms with van der Waals surface area (Å²) in [5.41, 5.74) is 3.18. The fourth-order valence-electron chi connectivity index (χ4n) is 3.15. The predicted molar refractivity (Wildman–Crippen MR) is 109 cm³/mol. The Morgan fingerprint density at radius 3 is 2.34 bits per heavy atom. The molecule has 0 atom stereocenters. The number of hydrogen-bond acceptors (Lipinski definition) is 4. The van der Waals surface area contributed by atoms with E-state index in [9.17, 15) is 4.79 Å². The van der Waals surface area contributed by atoms with E-state index in [1.54, 1.807) is 29.1 Å². The Hall–Kier alpha value is -4.55. The van der Waals surface area contributed by atoms with E-state index in [1.165, 1.54) is 0 Å². The van der Waals surface area contributed by atoms with Crippen LogP contribution in [-0.2, 0) is 0 Å². The van der Waals surface area contributed by atoms with Crippen molar-refractivity contribution in [3.63, 3.8) is 0 Å². The highest BCUT2D eigenvalue weighted by atomic mass is 16.4. The molecule has 0 fully saturated rings. The van der Waals surface area contributed by atoms with Crippen LogP contribution in [0.1, 0.15) is 21.7 Å². The van der Waals surface area contributed by atoms with E-state index in [1.807, 2.05) is 48.5 Å². The maximum atomic E-state index is 10.6. The van der Waals surface area contributed by atoms with Gasteiger partial charge in [0.15, 0.2) is 12.0 Å². The van der Waals surface area contributed by atoms with E-state index in [0.29, 0.717) is 23.3 Å². The minimum absolute atomic E-state index is 0.265. The molecule has 0 saturated heterocycles. The number of carbonyl (C=O) groups is 1. The number of para-hydroxylation sites is 2.